The lowest BCUT2D eigenvalue weighted by molar-refractivity contribution is -0.179. The Morgan fingerprint density at radius 2 is 1.87 bits per heavy atom. The van der Waals surface area contributed by atoms with Crippen LogP contribution in [0.4, 0.5) is 5.69 Å². The topological polar surface area (TPSA) is 107 Å². The largest absolute Gasteiger partial charge is 0.496 e. The number of aliphatic hydroxyl groups is 1. The van der Waals surface area contributed by atoms with Crippen LogP contribution in [0.1, 0.15) is 56.5 Å². The molecule has 47 heavy (non-hydrogen) atoms. The van der Waals surface area contributed by atoms with Crippen molar-refractivity contribution in [3.8, 4) is 16.9 Å². The number of aliphatic hydroxyl groups excluding tert-OH is 1. The summed E-state index contributed by atoms with van der Waals surface area (Å²) < 4.78 is 6.05. The Hall–Kier alpha value is -3.18. The van der Waals surface area contributed by atoms with E-state index in [0.29, 0.717) is 41.0 Å². The zero-order valence-electron chi connectivity index (χ0n) is 29.8. The lowest BCUT2D eigenvalue weighted by Crippen LogP contribution is -2.62. The number of hydrogen-bond acceptors (Lipinski definition) is 8. The van der Waals surface area contributed by atoms with Crippen LogP contribution in [0, 0.1) is 29.1 Å². The summed E-state index contributed by atoms with van der Waals surface area (Å²) in [6.07, 6.45) is 1.07. The van der Waals surface area contributed by atoms with Gasteiger partial charge in [0.15, 0.2) is 0 Å². The maximum atomic E-state index is 14.3. The average molecular weight is 650 g/mol. The highest BCUT2D eigenvalue weighted by molar-refractivity contribution is 5.97. The zero-order valence-corrected chi connectivity index (χ0v) is 29.8. The molecule has 3 N–H and O–H groups in total. The van der Waals surface area contributed by atoms with Crippen LogP contribution in [-0.2, 0) is 16.2 Å². The zero-order chi connectivity index (χ0) is 34.4. The van der Waals surface area contributed by atoms with Gasteiger partial charge in [-0.15, -0.1) is 0 Å². The third-order valence-electron chi connectivity index (χ3n) is 11.3. The molecule has 8 atom stereocenters. The summed E-state index contributed by atoms with van der Waals surface area (Å²) in [5.41, 5.74) is 4.25. The molecule has 10 heteroatoms. The number of methoxy groups -OCH3 is 1. The standard InChI is InChI=1S/C37H55N5O5/c1-21-29-17-26(37(29,3)4)18-30(21)39-36(45)33-32(22(2)43)31(20-40(6)7)47-42(33)19-23-12-11-13-28(34(23)46-10)24-14-25(35(44)38-5)16-27(15-24)41(8)9/h11-16,21-22,26,29-33,43H,17-20H2,1-10H3,(H,38,44)(H,39,45)/t21-,22-,26+,29+,30-,31-,32+,33-/m0/s1. The van der Waals surface area contributed by atoms with Crippen LogP contribution in [0.2, 0.25) is 0 Å². The SMILES string of the molecule is CNC(=O)c1cc(-c2cccc(CN3O[C@@H](CN(C)C)[C@@H]([C@H](C)O)[C@H]3C(=O)N[C@H]3C[C@H]4C[C@H]([C@@H]3C)C4(C)C)c2OC)cc(N(C)C)c1. The van der Waals surface area contributed by atoms with E-state index in [2.05, 4.69) is 31.4 Å². The van der Waals surface area contributed by atoms with Crippen molar-refractivity contribution < 1.29 is 24.3 Å². The first-order valence-electron chi connectivity index (χ1n) is 16.9. The summed E-state index contributed by atoms with van der Waals surface area (Å²) in [6, 6.07) is 11.1. The van der Waals surface area contributed by atoms with E-state index in [0.717, 1.165) is 28.8 Å². The van der Waals surface area contributed by atoms with Gasteiger partial charge in [-0.1, -0.05) is 39.0 Å². The number of fused-ring (bicyclic) bond motifs is 2. The van der Waals surface area contributed by atoms with Crippen LogP contribution < -0.4 is 20.3 Å². The first-order chi connectivity index (χ1) is 22.2. The Kier molecular flexibility index (Phi) is 10.3. The van der Waals surface area contributed by atoms with E-state index in [4.69, 9.17) is 9.57 Å². The van der Waals surface area contributed by atoms with Gasteiger partial charge < -0.3 is 30.3 Å². The van der Waals surface area contributed by atoms with E-state index in [9.17, 15) is 14.7 Å². The molecule has 0 radical (unpaired) electrons. The molecule has 4 fully saturated rings. The number of nitrogens with one attached hydrogen (secondary N) is 2. The molecule has 1 heterocycles. The minimum atomic E-state index is -0.762. The lowest BCUT2D eigenvalue weighted by atomic mass is 9.45. The Bertz CT molecular complexity index is 1460. The van der Waals surface area contributed by atoms with Crippen molar-refractivity contribution in [3.63, 3.8) is 0 Å². The van der Waals surface area contributed by atoms with Gasteiger partial charge in [0.1, 0.15) is 11.8 Å². The van der Waals surface area contributed by atoms with Crippen molar-refractivity contribution in [3.05, 3.63) is 47.5 Å². The Morgan fingerprint density at radius 1 is 1.15 bits per heavy atom. The van der Waals surface area contributed by atoms with E-state index in [-0.39, 0.29) is 30.5 Å². The summed E-state index contributed by atoms with van der Waals surface area (Å²) in [4.78, 5) is 37.6. The van der Waals surface area contributed by atoms with E-state index in [1.54, 1.807) is 26.1 Å². The van der Waals surface area contributed by atoms with Crippen molar-refractivity contribution in [1.82, 2.24) is 20.6 Å². The van der Waals surface area contributed by atoms with Crippen molar-refractivity contribution in [2.45, 2.75) is 71.4 Å². The summed E-state index contributed by atoms with van der Waals surface area (Å²) in [7, 11) is 11.1. The summed E-state index contributed by atoms with van der Waals surface area (Å²) in [6.45, 7) is 9.58. The molecule has 0 aromatic heterocycles. The molecule has 3 saturated carbocycles. The third-order valence-corrected chi connectivity index (χ3v) is 11.3. The van der Waals surface area contributed by atoms with Crippen molar-refractivity contribution in [2.24, 2.45) is 29.1 Å². The highest BCUT2D eigenvalue weighted by Gasteiger charge is 2.57. The number of amides is 2. The molecule has 0 unspecified atom stereocenters. The van der Waals surface area contributed by atoms with Gasteiger partial charge in [-0.3, -0.25) is 14.4 Å². The van der Waals surface area contributed by atoms with Crippen LogP contribution in [0.15, 0.2) is 36.4 Å². The summed E-state index contributed by atoms with van der Waals surface area (Å²) in [5.74, 6) is 1.53. The fourth-order valence-electron chi connectivity index (χ4n) is 8.49. The van der Waals surface area contributed by atoms with Crippen LogP contribution in [-0.4, -0.2) is 100 Å². The Labute approximate surface area is 280 Å². The number of benzene rings is 2. The van der Waals surface area contributed by atoms with Gasteiger partial charge in [-0.05, 0) is 80.8 Å². The number of para-hydroxylation sites is 1. The number of carbonyl (C=O) groups excluding carboxylic acids is 2. The van der Waals surface area contributed by atoms with E-state index >= 15 is 0 Å². The minimum absolute atomic E-state index is 0.0972. The van der Waals surface area contributed by atoms with Gasteiger partial charge in [0.25, 0.3) is 5.91 Å². The lowest BCUT2D eigenvalue weighted by Gasteiger charge is -2.62. The molecule has 10 nitrogen and oxygen atoms in total. The highest BCUT2D eigenvalue weighted by Crippen LogP contribution is 2.61. The summed E-state index contributed by atoms with van der Waals surface area (Å²) in [5, 5.41) is 19.0. The van der Waals surface area contributed by atoms with Crippen molar-refractivity contribution in [1.29, 1.82) is 0 Å². The second-order valence-corrected chi connectivity index (χ2v) is 15.1. The van der Waals surface area contributed by atoms with E-state index in [1.807, 2.05) is 74.4 Å². The Balaban J connectivity index is 1.49. The molecule has 4 aliphatic rings. The maximum Gasteiger partial charge on any atom is 0.251 e. The second kappa shape index (κ2) is 13.7. The number of anilines is 1. The van der Waals surface area contributed by atoms with Crippen LogP contribution in [0.3, 0.4) is 0 Å². The monoisotopic (exact) mass is 649 g/mol. The molecule has 0 spiro atoms. The first kappa shape index (κ1) is 35.1. The first-order valence-corrected chi connectivity index (χ1v) is 16.9. The van der Waals surface area contributed by atoms with Gasteiger partial charge in [0, 0.05) is 62.0 Å². The van der Waals surface area contributed by atoms with E-state index < -0.39 is 18.1 Å². The fraction of sp³-hybridized carbons (Fsp3) is 0.622. The average Bonchev–Trinajstić information content (AvgIpc) is 3.37. The number of hydrogen-bond donors (Lipinski definition) is 3. The minimum Gasteiger partial charge on any atom is -0.496 e. The van der Waals surface area contributed by atoms with Gasteiger partial charge in [-0.25, -0.2) is 0 Å². The third kappa shape index (κ3) is 6.75. The number of carbonyl (C=O) groups is 2. The normalized spacial score (nSPS) is 28.8. The molecule has 1 aliphatic heterocycles. The molecule has 2 aromatic carbocycles. The molecule has 1 saturated heterocycles. The molecule has 2 aromatic rings. The predicted molar refractivity (Wildman–Crippen MR) is 185 cm³/mol. The van der Waals surface area contributed by atoms with Crippen LogP contribution in [0.25, 0.3) is 11.1 Å². The smallest absolute Gasteiger partial charge is 0.251 e. The summed E-state index contributed by atoms with van der Waals surface area (Å²) >= 11 is 0. The van der Waals surface area contributed by atoms with Gasteiger partial charge in [0.2, 0.25) is 5.91 Å². The fourth-order valence-corrected chi connectivity index (χ4v) is 8.49. The highest BCUT2D eigenvalue weighted by atomic mass is 16.7. The molecule has 258 valence electrons. The molecule has 2 bridgehead atoms. The van der Waals surface area contributed by atoms with Crippen LogP contribution >= 0.6 is 0 Å². The number of rotatable bonds is 11. The number of hydroxylamine groups is 2. The van der Waals surface area contributed by atoms with E-state index in [1.165, 1.54) is 6.42 Å². The van der Waals surface area contributed by atoms with Gasteiger partial charge in [-0.2, -0.15) is 5.06 Å². The molecule has 3 aliphatic carbocycles. The van der Waals surface area contributed by atoms with Crippen molar-refractivity contribution >= 4 is 17.5 Å². The number of nitrogens with zero attached hydrogens (tertiary/aromatic N) is 3. The predicted octanol–water partition coefficient (Wildman–Crippen LogP) is 4.02. The molecular formula is C37H55N5O5. The van der Waals surface area contributed by atoms with Gasteiger partial charge >= 0.3 is 0 Å². The molecular weight excluding hydrogens is 594 g/mol. The maximum absolute atomic E-state index is 14.3. The number of likely N-dealkylation sites (N-methyl/N-ethyl adjacent to an activating group) is 1. The number of ether oxygens (including phenoxy) is 1. The van der Waals surface area contributed by atoms with Crippen molar-refractivity contribution in [2.75, 3.05) is 53.8 Å². The molecule has 6 rings (SSSR count). The Morgan fingerprint density at radius 3 is 2.45 bits per heavy atom. The quantitative estimate of drug-likeness (QED) is 0.336. The molecule has 2 amide bonds. The van der Waals surface area contributed by atoms with Gasteiger partial charge in [0.05, 0.1) is 25.9 Å². The van der Waals surface area contributed by atoms with Crippen LogP contribution in [0.5, 0.6) is 5.75 Å². The second-order valence-electron chi connectivity index (χ2n) is 15.1.